The maximum atomic E-state index is 10.8. The molecule has 0 radical (unpaired) electrons. The molecule has 0 atom stereocenters. The number of aromatic amines is 1. The summed E-state index contributed by atoms with van der Waals surface area (Å²) in [4.78, 5) is 13.6. The lowest BCUT2D eigenvalue weighted by Crippen LogP contribution is -1.94. The zero-order valence-electron chi connectivity index (χ0n) is 8.46. The van der Waals surface area contributed by atoms with Crippen molar-refractivity contribution in [2.24, 2.45) is 0 Å². The standard InChI is InChI=1S/C11H11NO3/c1-5-3-8-7(6(2)10(5)13)4-9(12-8)11(14)15/h3-4,12-13H,1-2H3,(H,14,15). The third-order valence-electron chi connectivity index (χ3n) is 2.57. The Labute approximate surface area is 86.2 Å². The van der Waals surface area contributed by atoms with Crippen LogP contribution in [-0.4, -0.2) is 21.2 Å². The molecule has 0 bridgehead atoms. The predicted octanol–water partition coefficient (Wildman–Crippen LogP) is 2.19. The topological polar surface area (TPSA) is 73.3 Å². The number of H-pyrrole nitrogens is 1. The van der Waals surface area contributed by atoms with Gasteiger partial charge in [-0.15, -0.1) is 0 Å². The van der Waals surface area contributed by atoms with E-state index in [9.17, 15) is 9.90 Å². The maximum absolute atomic E-state index is 10.8. The van der Waals surface area contributed by atoms with Gasteiger partial charge in [-0.3, -0.25) is 0 Å². The van der Waals surface area contributed by atoms with Gasteiger partial charge in [0.15, 0.2) is 0 Å². The van der Waals surface area contributed by atoms with Crippen LogP contribution in [0, 0.1) is 13.8 Å². The molecule has 0 spiro atoms. The zero-order valence-corrected chi connectivity index (χ0v) is 8.46. The van der Waals surface area contributed by atoms with Crippen molar-refractivity contribution in [1.82, 2.24) is 4.98 Å². The van der Waals surface area contributed by atoms with Gasteiger partial charge in [0.05, 0.1) is 0 Å². The Kier molecular flexibility index (Phi) is 1.93. The minimum atomic E-state index is -0.997. The Morgan fingerprint density at radius 2 is 2.00 bits per heavy atom. The van der Waals surface area contributed by atoms with Gasteiger partial charge in [-0.1, -0.05) is 0 Å². The van der Waals surface area contributed by atoms with E-state index in [4.69, 9.17) is 5.11 Å². The van der Waals surface area contributed by atoms with E-state index in [0.717, 1.165) is 16.5 Å². The summed E-state index contributed by atoms with van der Waals surface area (Å²) in [6.45, 7) is 3.55. The van der Waals surface area contributed by atoms with Gasteiger partial charge in [-0.05, 0) is 31.5 Å². The van der Waals surface area contributed by atoms with Crippen LogP contribution in [-0.2, 0) is 0 Å². The van der Waals surface area contributed by atoms with E-state index in [2.05, 4.69) is 4.98 Å². The average molecular weight is 205 g/mol. The van der Waals surface area contributed by atoms with Crippen LogP contribution in [0.4, 0.5) is 0 Å². The first-order chi connectivity index (χ1) is 7.00. The number of phenols is 1. The minimum absolute atomic E-state index is 0.137. The maximum Gasteiger partial charge on any atom is 0.352 e. The van der Waals surface area contributed by atoms with E-state index in [-0.39, 0.29) is 11.4 Å². The van der Waals surface area contributed by atoms with Crippen LogP contribution in [0.5, 0.6) is 5.75 Å². The molecule has 0 aliphatic carbocycles. The largest absolute Gasteiger partial charge is 0.507 e. The van der Waals surface area contributed by atoms with Crippen LogP contribution in [0.3, 0.4) is 0 Å². The van der Waals surface area contributed by atoms with Gasteiger partial charge in [0.25, 0.3) is 0 Å². The number of carbonyl (C=O) groups is 1. The van der Waals surface area contributed by atoms with Gasteiger partial charge < -0.3 is 15.2 Å². The highest BCUT2D eigenvalue weighted by molar-refractivity contribution is 5.96. The Morgan fingerprint density at radius 1 is 1.33 bits per heavy atom. The first-order valence-electron chi connectivity index (χ1n) is 4.56. The minimum Gasteiger partial charge on any atom is -0.507 e. The molecule has 1 heterocycles. The van der Waals surface area contributed by atoms with Crippen LogP contribution in [0.1, 0.15) is 21.6 Å². The molecular formula is C11H11NO3. The zero-order chi connectivity index (χ0) is 11.2. The van der Waals surface area contributed by atoms with Crippen molar-refractivity contribution >= 4 is 16.9 Å². The van der Waals surface area contributed by atoms with Crippen LogP contribution in [0.15, 0.2) is 12.1 Å². The van der Waals surface area contributed by atoms with Crippen molar-refractivity contribution in [3.8, 4) is 5.75 Å². The van der Waals surface area contributed by atoms with Crippen molar-refractivity contribution in [3.05, 3.63) is 29.0 Å². The lowest BCUT2D eigenvalue weighted by atomic mass is 10.1. The molecule has 1 aromatic carbocycles. The molecule has 0 unspecified atom stereocenters. The fraction of sp³-hybridized carbons (Fsp3) is 0.182. The summed E-state index contributed by atoms with van der Waals surface area (Å²) in [6, 6.07) is 3.27. The van der Waals surface area contributed by atoms with Gasteiger partial charge >= 0.3 is 5.97 Å². The summed E-state index contributed by atoms with van der Waals surface area (Å²) in [5.74, 6) is -0.777. The number of fused-ring (bicyclic) bond motifs is 1. The van der Waals surface area contributed by atoms with Gasteiger partial charge in [-0.25, -0.2) is 4.79 Å². The predicted molar refractivity (Wildman–Crippen MR) is 56.4 cm³/mol. The number of nitrogens with one attached hydrogen (secondary N) is 1. The summed E-state index contributed by atoms with van der Waals surface area (Å²) in [7, 11) is 0. The molecule has 3 N–H and O–H groups in total. The normalized spacial score (nSPS) is 10.8. The van der Waals surface area contributed by atoms with Gasteiger partial charge in [-0.2, -0.15) is 0 Å². The molecule has 0 aliphatic rings. The highest BCUT2D eigenvalue weighted by atomic mass is 16.4. The molecule has 2 rings (SSSR count). The Bertz CT molecular complexity index is 554. The van der Waals surface area contributed by atoms with E-state index in [1.807, 2.05) is 0 Å². The average Bonchev–Trinajstić information content (AvgIpc) is 2.58. The molecular weight excluding hydrogens is 194 g/mol. The highest BCUT2D eigenvalue weighted by Gasteiger charge is 2.12. The Hall–Kier alpha value is -1.97. The number of hydrogen-bond donors (Lipinski definition) is 3. The second kappa shape index (κ2) is 3.02. The molecule has 0 amide bonds. The lowest BCUT2D eigenvalue weighted by molar-refractivity contribution is 0.0691. The van der Waals surface area contributed by atoms with Crippen molar-refractivity contribution < 1.29 is 15.0 Å². The molecule has 0 aliphatic heterocycles. The second-order valence-electron chi connectivity index (χ2n) is 3.62. The second-order valence-corrected chi connectivity index (χ2v) is 3.62. The van der Waals surface area contributed by atoms with Crippen molar-refractivity contribution in [2.75, 3.05) is 0 Å². The summed E-state index contributed by atoms with van der Waals surface area (Å²) in [5.41, 5.74) is 2.31. The third kappa shape index (κ3) is 1.34. The third-order valence-corrected chi connectivity index (χ3v) is 2.57. The summed E-state index contributed by atoms with van der Waals surface area (Å²) < 4.78 is 0. The number of aromatic carboxylic acids is 1. The molecule has 15 heavy (non-hydrogen) atoms. The van der Waals surface area contributed by atoms with Crippen LogP contribution >= 0.6 is 0 Å². The number of hydrogen-bond acceptors (Lipinski definition) is 2. The van der Waals surface area contributed by atoms with Gasteiger partial charge in [0.1, 0.15) is 11.4 Å². The number of rotatable bonds is 1. The van der Waals surface area contributed by atoms with E-state index in [1.165, 1.54) is 6.07 Å². The number of phenolic OH excluding ortho intramolecular Hbond substituents is 1. The summed E-state index contributed by atoms with van der Waals surface area (Å²) >= 11 is 0. The molecule has 0 fully saturated rings. The molecule has 4 nitrogen and oxygen atoms in total. The highest BCUT2D eigenvalue weighted by Crippen LogP contribution is 2.30. The van der Waals surface area contributed by atoms with Crippen molar-refractivity contribution in [3.63, 3.8) is 0 Å². The lowest BCUT2D eigenvalue weighted by Gasteiger charge is -2.03. The SMILES string of the molecule is Cc1cc2[nH]c(C(=O)O)cc2c(C)c1O. The van der Waals surface area contributed by atoms with E-state index in [0.29, 0.717) is 5.56 Å². The van der Waals surface area contributed by atoms with Crippen LogP contribution < -0.4 is 0 Å². The first-order valence-corrected chi connectivity index (χ1v) is 4.56. The van der Waals surface area contributed by atoms with Gasteiger partial charge in [0, 0.05) is 16.5 Å². The molecule has 0 saturated heterocycles. The molecule has 2 aromatic rings. The van der Waals surface area contributed by atoms with Crippen LogP contribution in [0.25, 0.3) is 10.9 Å². The fourth-order valence-electron chi connectivity index (χ4n) is 1.72. The molecule has 1 aromatic heterocycles. The monoisotopic (exact) mass is 205 g/mol. The van der Waals surface area contributed by atoms with E-state index >= 15 is 0 Å². The Balaban J connectivity index is 2.82. The van der Waals surface area contributed by atoms with E-state index in [1.54, 1.807) is 19.9 Å². The molecule has 0 saturated carbocycles. The van der Waals surface area contributed by atoms with Crippen molar-refractivity contribution in [1.29, 1.82) is 0 Å². The smallest absolute Gasteiger partial charge is 0.352 e. The molecule has 4 heteroatoms. The number of carboxylic acid groups (broad SMARTS) is 1. The van der Waals surface area contributed by atoms with Gasteiger partial charge in [0.2, 0.25) is 0 Å². The number of aromatic hydroxyl groups is 1. The summed E-state index contributed by atoms with van der Waals surface area (Å²) in [5, 5.41) is 19.3. The first kappa shape index (κ1) is 9.58. The van der Waals surface area contributed by atoms with E-state index < -0.39 is 5.97 Å². The fourth-order valence-corrected chi connectivity index (χ4v) is 1.72. The number of aryl methyl sites for hydroxylation is 2. The summed E-state index contributed by atoms with van der Waals surface area (Å²) in [6.07, 6.45) is 0. The van der Waals surface area contributed by atoms with Crippen LogP contribution in [0.2, 0.25) is 0 Å². The quantitative estimate of drug-likeness (QED) is 0.668. The number of benzene rings is 1. The Morgan fingerprint density at radius 3 is 2.60 bits per heavy atom. The van der Waals surface area contributed by atoms with Crippen molar-refractivity contribution in [2.45, 2.75) is 13.8 Å². The number of aromatic nitrogens is 1. The molecule has 78 valence electrons. The number of carboxylic acids is 1.